The third-order valence-corrected chi connectivity index (χ3v) is 2.81. The lowest BCUT2D eigenvalue weighted by atomic mass is 10.1. The molecule has 0 atom stereocenters. The lowest BCUT2D eigenvalue weighted by Gasteiger charge is -2.09. The Bertz CT molecular complexity index is 321. The summed E-state index contributed by atoms with van der Waals surface area (Å²) in [7, 11) is 1.61. The highest BCUT2D eigenvalue weighted by Gasteiger charge is 2.08. The zero-order chi connectivity index (χ0) is 9.84. The first-order valence-electron chi connectivity index (χ1n) is 4.05. The van der Waals surface area contributed by atoms with Crippen LogP contribution in [-0.4, -0.2) is 13.4 Å². The summed E-state index contributed by atoms with van der Waals surface area (Å²) in [4.78, 5) is 10.7. The summed E-state index contributed by atoms with van der Waals surface area (Å²) >= 11 is 3.41. The van der Waals surface area contributed by atoms with Crippen molar-refractivity contribution in [1.29, 1.82) is 0 Å². The van der Waals surface area contributed by atoms with E-state index < -0.39 is 0 Å². The fourth-order valence-corrected chi connectivity index (χ4v) is 2.05. The van der Waals surface area contributed by atoms with Crippen molar-refractivity contribution < 1.29 is 9.53 Å². The van der Waals surface area contributed by atoms with Crippen LogP contribution in [0.3, 0.4) is 0 Å². The van der Waals surface area contributed by atoms with Crippen molar-refractivity contribution >= 4 is 22.2 Å². The molecule has 0 aromatic heterocycles. The lowest BCUT2D eigenvalue weighted by molar-refractivity contribution is 0.112. The third kappa shape index (κ3) is 1.91. The molecule has 1 aromatic rings. The van der Waals surface area contributed by atoms with Gasteiger partial charge in [0.15, 0.2) is 0 Å². The monoisotopic (exact) mass is 242 g/mol. The van der Waals surface area contributed by atoms with Gasteiger partial charge in [-0.3, -0.25) is 4.79 Å². The van der Waals surface area contributed by atoms with Gasteiger partial charge in [0.05, 0.1) is 11.6 Å². The molecule has 0 aliphatic carbocycles. The van der Waals surface area contributed by atoms with Crippen LogP contribution in [-0.2, 0) is 6.42 Å². The van der Waals surface area contributed by atoms with Crippen molar-refractivity contribution in [2.24, 2.45) is 0 Å². The van der Waals surface area contributed by atoms with Crippen LogP contribution in [0.4, 0.5) is 0 Å². The Hall–Kier alpha value is -0.830. The summed E-state index contributed by atoms with van der Waals surface area (Å²) in [6, 6.07) is 3.56. The molecule has 13 heavy (non-hydrogen) atoms. The standard InChI is InChI=1S/C10H11BrO2/c1-3-8-7(6-12)4-5-9(13-2)10(8)11/h4-6H,3H2,1-2H3. The van der Waals surface area contributed by atoms with Crippen molar-refractivity contribution in [3.8, 4) is 5.75 Å². The molecule has 1 rings (SSSR count). The van der Waals surface area contributed by atoms with Gasteiger partial charge in [0.1, 0.15) is 12.0 Å². The van der Waals surface area contributed by atoms with Gasteiger partial charge in [-0.25, -0.2) is 0 Å². The molecule has 0 unspecified atom stereocenters. The Balaban J connectivity index is 3.31. The minimum Gasteiger partial charge on any atom is -0.496 e. The van der Waals surface area contributed by atoms with Crippen LogP contribution in [0.25, 0.3) is 0 Å². The first kappa shape index (κ1) is 10.3. The molecule has 1 aromatic carbocycles. The lowest BCUT2D eigenvalue weighted by Crippen LogP contribution is -1.95. The summed E-state index contributed by atoms with van der Waals surface area (Å²) < 4.78 is 6.00. The summed E-state index contributed by atoms with van der Waals surface area (Å²) in [5.41, 5.74) is 1.71. The topological polar surface area (TPSA) is 26.3 Å². The quantitative estimate of drug-likeness (QED) is 0.763. The summed E-state index contributed by atoms with van der Waals surface area (Å²) in [5.74, 6) is 0.766. The average Bonchev–Trinajstić information content (AvgIpc) is 2.17. The van der Waals surface area contributed by atoms with E-state index in [4.69, 9.17) is 4.74 Å². The molecule has 2 nitrogen and oxygen atoms in total. The van der Waals surface area contributed by atoms with Crippen molar-refractivity contribution in [2.45, 2.75) is 13.3 Å². The second kappa shape index (κ2) is 4.42. The molecule has 0 saturated heterocycles. The fraction of sp³-hybridized carbons (Fsp3) is 0.300. The fourth-order valence-electron chi connectivity index (χ4n) is 1.24. The Morgan fingerprint density at radius 2 is 2.23 bits per heavy atom. The van der Waals surface area contributed by atoms with Crippen LogP contribution in [0.15, 0.2) is 16.6 Å². The predicted octanol–water partition coefficient (Wildman–Crippen LogP) is 2.83. The Morgan fingerprint density at radius 1 is 1.54 bits per heavy atom. The highest BCUT2D eigenvalue weighted by atomic mass is 79.9. The minimum absolute atomic E-state index is 0.718. The van der Waals surface area contributed by atoms with Crippen LogP contribution in [0, 0.1) is 0 Å². The molecule has 0 N–H and O–H groups in total. The number of hydrogen-bond donors (Lipinski definition) is 0. The van der Waals surface area contributed by atoms with Crippen molar-refractivity contribution in [1.82, 2.24) is 0 Å². The Kier molecular flexibility index (Phi) is 3.48. The summed E-state index contributed by atoms with van der Waals surface area (Å²) in [5, 5.41) is 0. The van der Waals surface area contributed by atoms with Gasteiger partial charge in [0, 0.05) is 5.56 Å². The largest absolute Gasteiger partial charge is 0.496 e. The van der Waals surface area contributed by atoms with Crippen LogP contribution in [0.1, 0.15) is 22.8 Å². The highest BCUT2D eigenvalue weighted by Crippen LogP contribution is 2.30. The van der Waals surface area contributed by atoms with Gasteiger partial charge in [-0.15, -0.1) is 0 Å². The van der Waals surface area contributed by atoms with E-state index in [1.165, 1.54) is 0 Å². The van der Waals surface area contributed by atoms with Crippen molar-refractivity contribution in [3.05, 3.63) is 27.7 Å². The van der Waals surface area contributed by atoms with E-state index in [0.29, 0.717) is 0 Å². The van der Waals surface area contributed by atoms with Crippen LogP contribution < -0.4 is 4.74 Å². The maximum absolute atomic E-state index is 10.7. The zero-order valence-electron chi connectivity index (χ0n) is 7.63. The van der Waals surface area contributed by atoms with E-state index in [1.54, 1.807) is 19.2 Å². The Labute approximate surface area is 86.0 Å². The number of aldehydes is 1. The molecule has 0 spiro atoms. The van der Waals surface area contributed by atoms with Gasteiger partial charge in [0.25, 0.3) is 0 Å². The van der Waals surface area contributed by atoms with Crippen molar-refractivity contribution in [3.63, 3.8) is 0 Å². The molecule has 0 aliphatic rings. The van der Waals surface area contributed by atoms with Crippen LogP contribution >= 0.6 is 15.9 Å². The van der Waals surface area contributed by atoms with Gasteiger partial charge in [-0.05, 0) is 40.0 Å². The molecule has 70 valence electrons. The van der Waals surface area contributed by atoms with Crippen molar-refractivity contribution in [2.75, 3.05) is 7.11 Å². The normalized spacial score (nSPS) is 9.77. The maximum atomic E-state index is 10.7. The number of carbonyl (C=O) groups is 1. The SMILES string of the molecule is CCc1c(C=O)ccc(OC)c1Br. The van der Waals surface area contributed by atoms with Crippen LogP contribution in [0.5, 0.6) is 5.75 Å². The number of halogens is 1. The first-order chi connectivity index (χ1) is 6.24. The second-order valence-corrected chi connectivity index (χ2v) is 3.41. The highest BCUT2D eigenvalue weighted by molar-refractivity contribution is 9.10. The molecule has 0 bridgehead atoms. The van der Waals surface area contributed by atoms with E-state index in [1.807, 2.05) is 6.92 Å². The zero-order valence-corrected chi connectivity index (χ0v) is 9.22. The van der Waals surface area contributed by atoms with E-state index in [9.17, 15) is 4.79 Å². The van der Waals surface area contributed by atoms with E-state index in [-0.39, 0.29) is 0 Å². The number of carbonyl (C=O) groups excluding carboxylic acids is 1. The molecule has 3 heteroatoms. The van der Waals surface area contributed by atoms with Gasteiger partial charge >= 0.3 is 0 Å². The minimum atomic E-state index is 0.718. The summed E-state index contributed by atoms with van der Waals surface area (Å²) in [6.45, 7) is 2.01. The first-order valence-corrected chi connectivity index (χ1v) is 4.84. The van der Waals surface area contributed by atoms with Gasteiger partial charge in [-0.1, -0.05) is 6.92 Å². The number of hydrogen-bond acceptors (Lipinski definition) is 2. The molecule has 0 heterocycles. The number of ether oxygens (including phenoxy) is 1. The molecule has 0 aliphatic heterocycles. The summed E-state index contributed by atoms with van der Waals surface area (Å²) in [6.07, 6.45) is 1.68. The van der Waals surface area contributed by atoms with E-state index >= 15 is 0 Å². The third-order valence-electron chi connectivity index (χ3n) is 1.94. The molecular weight excluding hydrogens is 232 g/mol. The van der Waals surface area contributed by atoms with E-state index in [0.717, 1.165) is 34.1 Å². The average molecular weight is 243 g/mol. The Morgan fingerprint density at radius 3 is 2.69 bits per heavy atom. The number of benzene rings is 1. The smallest absolute Gasteiger partial charge is 0.150 e. The van der Waals surface area contributed by atoms with Gasteiger partial charge in [-0.2, -0.15) is 0 Å². The molecular formula is C10H11BrO2. The molecule has 0 amide bonds. The van der Waals surface area contributed by atoms with Gasteiger partial charge < -0.3 is 4.74 Å². The maximum Gasteiger partial charge on any atom is 0.150 e. The molecule has 0 radical (unpaired) electrons. The second-order valence-electron chi connectivity index (χ2n) is 2.62. The predicted molar refractivity (Wildman–Crippen MR) is 55.5 cm³/mol. The molecule has 0 fully saturated rings. The van der Waals surface area contributed by atoms with Gasteiger partial charge in [0.2, 0.25) is 0 Å². The number of rotatable bonds is 3. The molecule has 0 saturated carbocycles. The van der Waals surface area contributed by atoms with Crippen LogP contribution in [0.2, 0.25) is 0 Å². The number of methoxy groups -OCH3 is 1. The van der Waals surface area contributed by atoms with E-state index in [2.05, 4.69) is 15.9 Å².